The van der Waals surface area contributed by atoms with Crippen LogP contribution in [0.3, 0.4) is 0 Å². The molecule has 1 unspecified atom stereocenters. The van der Waals surface area contributed by atoms with Gasteiger partial charge >= 0.3 is 0 Å². The number of nitrogens with zero attached hydrogens (tertiary/aromatic N) is 2. The SMILES string of the molecule is CC(O)c1csc(N(C)Cc2ccc(Br)cc2)n1. The number of hydrogen-bond acceptors (Lipinski definition) is 4. The first-order valence-corrected chi connectivity index (χ1v) is 7.32. The number of rotatable bonds is 4. The quantitative estimate of drug-likeness (QED) is 0.932. The zero-order valence-electron chi connectivity index (χ0n) is 10.3. The number of benzene rings is 1. The molecule has 3 nitrogen and oxygen atoms in total. The van der Waals surface area contributed by atoms with Crippen molar-refractivity contribution in [1.29, 1.82) is 0 Å². The average molecular weight is 327 g/mol. The molecule has 0 saturated carbocycles. The molecule has 0 amide bonds. The largest absolute Gasteiger partial charge is 0.387 e. The summed E-state index contributed by atoms with van der Waals surface area (Å²) in [5.41, 5.74) is 1.96. The van der Waals surface area contributed by atoms with Crippen LogP contribution in [-0.2, 0) is 6.54 Å². The summed E-state index contributed by atoms with van der Waals surface area (Å²) in [5.74, 6) is 0. The van der Waals surface area contributed by atoms with Crippen LogP contribution in [-0.4, -0.2) is 17.1 Å². The van der Waals surface area contributed by atoms with Crippen molar-refractivity contribution >= 4 is 32.4 Å². The Labute approximate surface area is 119 Å². The molecule has 5 heteroatoms. The molecule has 0 fully saturated rings. The predicted molar refractivity (Wildman–Crippen MR) is 79.0 cm³/mol. The fraction of sp³-hybridized carbons (Fsp3) is 0.308. The van der Waals surface area contributed by atoms with Crippen molar-refractivity contribution in [3.05, 3.63) is 45.4 Å². The minimum atomic E-state index is -0.504. The van der Waals surface area contributed by atoms with Crippen LogP contribution in [0.2, 0.25) is 0 Å². The molecule has 0 saturated heterocycles. The zero-order chi connectivity index (χ0) is 13.1. The van der Waals surface area contributed by atoms with E-state index in [1.807, 2.05) is 24.6 Å². The fourth-order valence-electron chi connectivity index (χ4n) is 1.57. The van der Waals surface area contributed by atoms with Crippen molar-refractivity contribution < 1.29 is 5.11 Å². The molecule has 0 bridgehead atoms. The maximum Gasteiger partial charge on any atom is 0.185 e. The van der Waals surface area contributed by atoms with E-state index in [-0.39, 0.29) is 0 Å². The van der Waals surface area contributed by atoms with E-state index in [0.29, 0.717) is 0 Å². The first-order chi connectivity index (χ1) is 8.56. The molecular formula is C13H15BrN2OS. The number of thiazole rings is 1. The van der Waals surface area contributed by atoms with E-state index in [0.717, 1.165) is 21.8 Å². The molecule has 96 valence electrons. The van der Waals surface area contributed by atoms with E-state index in [4.69, 9.17) is 0 Å². The maximum atomic E-state index is 9.46. The molecule has 0 radical (unpaired) electrons. The lowest BCUT2D eigenvalue weighted by atomic mass is 10.2. The molecule has 0 aliphatic carbocycles. The Morgan fingerprint density at radius 2 is 2.06 bits per heavy atom. The maximum absolute atomic E-state index is 9.46. The summed E-state index contributed by atoms with van der Waals surface area (Å²) in [6, 6.07) is 8.24. The lowest BCUT2D eigenvalue weighted by Gasteiger charge is -2.15. The van der Waals surface area contributed by atoms with Crippen molar-refractivity contribution in [2.45, 2.75) is 19.6 Å². The third kappa shape index (κ3) is 3.31. The summed E-state index contributed by atoms with van der Waals surface area (Å²) in [6.45, 7) is 2.54. The molecule has 1 heterocycles. The van der Waals surface area contributed by atoms with E-state index >= 15 is 0 Å². The van der Waals surface area contributed by atoms with Gasteiger partial charge in [0.15, 0.2) is 5.13 Å². The van der Waals surface area contributed by atoms with Crippen molar-refractivity contribution in [2.24, 2.45) is 0 Å². The molecule has 1 atom stereocenters. The van der Waals surface area contributed by atoms with Crippen LogP contribution < -0.4 is 4.90 Å². The second-order valence-corrected chi connectivity index (χ2v) is 5.97. The Balaban J connectivity index is 2.06. The lowest BCUT2D eigenvalue weighted by molar-refractivity contribution is 0.195. The standard InChI is InChI=1S/C13H15BrN2OS/c1-9(17)12-8-18-13(15-12)16(2)7-10-3-5-11(14)6-4-10/h3-6,8-9,17H,7H2,1-2H3. The summed E-state index contributed by atoms with van der Waals surface area (Å²) in [4.78, 5) is 6.49. The molecule has 1 N–H and O–H groups in total. The van der Waals surface area contributed by atoms with Gasteiger partial charge in [0.2, 0.25) is 0 Å². The van der Waals surface area contributed by atoms with E-state index in [1.54, 1.807) is 18.3 Å². The predicted octanol–water partition coefficient (Wildman–Crippen LogP) is 3.60. The molecule has 1 aromatic heterocycles. The van der Waals surface area contributed by atoms with Gasteiger partial charge in [-0.2, -0.15) is 0 Å². The first kappa shape index (κ1) is 13.5. The van der Waals surface area contributed by atoms with Crippen molar-refractivity contribution in [3.8, 4) is 0 Å². The third-order valence-electron chi connectivity index (χ3n) is 2.60. The van der Waals surface area contributed by atoms with Gasteiger partial charge in [0.25, 0.3) is 0 Å². The number of hydrogen-bond donors (Lipinski definition) is 1. The van der Waals surface area contributed by atoms with Crippen molar-refractivity contribution in [3.63, 3.8) is 0 Å². The summed E-state index contributed by atoms with van der Waals surface area (Å²) in [6.07, 6.45) is -0.504. The molecule has 2 rings (SSSR count). The van der Waals surface area contributed by atoms with Crippen LogP contribution in [0, 0.1) is 0 Å². The monoisotopic (exact) mass is 326 g/mol. The molecular weight excluding hydrogens is 312 g/mol. The highest BCUT2D eigenvalue weighted by Crippen LogP contribution is 2.24. The van der Waals surface area contributed by atoms with Gasteiger partial charge < -0.3 is 10.0 Å². The second kappa shape index (κ2) is 5.82. The second-order valence-electron chi connectivity index (χ2n) is 4.21. The van der Waals surface area contributed by atoms with Gasteiger partial charge in [-0.1, -0.05) is 28.1 Å². The summed E-state index contributed by atoms with van der Waals surface area (Å²) in [7, 11) is 2.01. The molecule has 1 aromatic carbocycles. The number of anilines is 1. The molecule has 0 spiro atoms. The van der Waals surface area contributed by atoms with Gasteiger partial charge in [0.1, 0.15) is 0 Å². The van der Waals surface area contributed by atoms with E-state index < -0.39 is 6.10 Å². The Bertz CT molecular complexity index is 510. The molecule has 0 aliphatic rings. The Kier molecular flexibility index (Phi) is 4.37. The fourth-order valence-corrected chi connectivity index (χ4v) is 2.72. The summed E-state index contributed by atoms with van der Waals surface area (Å²) in [5, 5.41) is 12.3. The van der Waals surface area contributed by atoms with Gasteiger partial charge in [-0.3, -0.25) is 0 Å². The topological polar surface area (TPSA) is 36.4 Å². The highest BCUT2D eigenvalue weighted by Gasteiger charge is 2.10. The normalized spacial score (nSPS) is 12.4. The van der Waals surface area contributed by atoms with Crippen LogP contribution in [0.15, 0.2) is 34.1 Å². The van der Waals surface area contributed by atoms with E-state index in [2.05, 4.69) is 37.9 Å². The van der Waals surface area contributed by atoms with Gasteiger partial charge in [0.05, 0.1) is 11.8 Å². The van der Waals surface area contributed by atoms with Crippen LogP contribution in [0.25, 0.3) is 0 Å². The van der Waals surface area contributed by atoms with Gasteiger partial charge in [-0.25, -0.2) is 4.98 Å². The van der Waals surface area contributed by atoms with E-state index in [1.165, 1.54) is 5.56 Å². The minimum absolute atomic E-state index is 0.504. The van der Waals surface area contributed by atoms with Crippen LogP contribution in [0.5, 0.6) is 0 Å². The van der Waals surface area contributed by atoms with Gasteiger partial charge in [-0.05, 0) is 24.6 Å². The number of aliphatic hydroxyl groups excluding tert-OH is 1. The summed E-state index contributed by atoms with van der Waals surface area (Å²) < 4.78 is 1.08. The Morgan fingerprint density at radius 3 is 2.61 bits per heavy atom. The molecule has 0 aliphatic heterocycles. The number of aliphatic hydroxyl groups is 1. The Hall–Kier alpha value is -0.910. The lowest BCUT2D eigenvalue weighted by Crippen LogP contribution is -2.16. The van der Waals surface area contributed by atoms with Crippen molar-refractivity contribution in [2.75, 3.05) is 11.9 Å². The highest BCUT2D eigenvalue weighted by atomic mass is 79.9. The number of halogens is 1. The molecule has 2 aromatic rings. The zero-order valence-corrected chi connectivity index (χ0v) is 12.7. The van der Waals surface area contributed by atoms with Crippen LogP contribution >= 0.6 is 27.3 Å². The first-order valence-electron chi connectivity index (χ1n) is 5.65. The Morgan fingerprint density at radius 1 is 1.39 bits per heavy atom. The van der Waals surface area contributed by atoms with Crippen molar-refractivity contribution in [1.82, 2.24) is 4.98 Å². The minimum Gasteiger partial charge on any atom is -0.387 e. The highest BCUT2D eigenvalue weighted by molar-refractivity contribution is 9.10. The smallest absolute Gasteiger partial charge is 0.185 e. The number of aromatic nitrogens is 1. The van der Waals surface area contributed by atoms with Crippen LogP contribution in [0.4, 0.5) is 5.13 Å². The summed E-state index contributed by atoms with van der Waals surface area (Å²) >= 11 is 4.98. The van der Waals surface area contributed by atoms with Gasteiger partial charge in [-0.15, -0.1) is 11.3 Å². The van der Waals surface area contributed by atoms with E-state index in [9.17, 15) is 5.11 Å². The van der Waals surface area contributed by atoms with Gasteiger partial charge in [0, 0.05) is 23.4 Å². The third-order valence-corrected chi connectivity index (χ3v) is 4.10. The average Bonchev–Trinajstić information content (AvgIpc) is 2.81. The molecule has 18 heavy (non-hydrogen) atoms. The van der Waals surface area contributed by atoms with Crippen LogP contribution in [0.1, 0.15) is 24.3 Å².